The van der Waals surface area contributed by atoms with Crippen LogP contribution in [0.25, 0.3) is 0 Å². The minimum absolute atomic E-state index is 0.0889. The average Bonchev–Trinajstić information content (AvgIpc) is 2.28. The number of morpholine rings is 1. The summed E-state index contributed by atoms with van der Waals surface area (Å²) >= 11 is 0. The third-order valence-electron chi connectivity index (χ3n) is 2.69. The molecule has 2 heterocycles. The highest BCUT2D eigenvalue weighted by atomic mass is 16.5. The predicted octanol–water partition coefficient (Wildman–Crippen LogP) is 0.337. The maximum atomic E-state index is 5.70. The Bertz CT molecular complexity index is 358. The molecule has 2 atom stereocenters. The average molecular weight is 222 g/mol. The Kier molecular flexibility index (Phi) is 3.36. The van der Waals surface area contributed by atoms with Crippen molar-refractivity contribution >= 4 is 5.82 Å². The van der Waals surface area contributed by atoms with E-state index in [0.29, 0.717) is 6.54 Å². The molecule has 0 aromatic carbocycles. The first-order valence-electron chi connectivity index (χ1n) is 5.59. The molecule has 2 rings (SSSR count). The highest BCUT2D eigenvalue weighted by Crippen LogP contribution is 2.17. The Balaban J connectivity index is 2.14. The van der Waals surface area contributed by atoms with Crippen molar-refractivity contribution in [2.45, 2.75) is 26.1 Å². The van der Waals surface area contributed by atoms with Crippen LogP contribution in [-0.4, -0.2) is 42.0 Å². The van der Waals surface area contributed by atoms with Gasteiger partial charge in [0.1, 0.15) is 0 Å². The van der Waals surface area contributed by atoms with Crippen molar-refractivity contribution in [3.8, 4) is 0 Å². The molecule has 1 aliphatic heterocycles. The molecule has 1 aromatic heterocycles. The smallest absolute Gasteiger partial charge is 0.151 e. The van der Waals surface area contributed by atoms with E-state index < -0.39 is 0 Å². The van der Waals surface area contributed by atoms with E-state index in [1.165, 1.54) is 0 Å². The van der Waals surface area contributed by atoms with Gasteiger partial charge in [0.25, 0.3) is 0 Å². The second-order valence-electron chi connectivity index (χ2n) is 4.30. The van der Waals surface area contributed by atoms with Crippen molar-refractivity contribution < 1.29 is 4.74 Å². The maximum Gasteiger partial charge on any atom is 0.151 e. The Morgan fingerprint density at radius 3 is 3.06 bits per heavy atom. The standard InChI is InChI=1S/C11H18N4O/c1-8-3-11(14-13-5-8)15-6-9(2)16-10(4-12)7-15/h3,5,9-10H,4,6-7,12H2,1-2H3. The Hall–Kier alpha value is -1.20. The van der Waals surface area contributed by atoms with Gasteiger partial charge in [-0.1, -0.05) is 0 Å². The number of hydrogen-bond donors (Lipinski definition) is 1. The van der Waals surface area contributed by atoms with Crippen LogP contribution in [0.2, 0.25) is 0 Å². The summed E-state index contributed by atoms with van der Waals surface area (Å²) in [5.41, 5.74) is 6.77. The summed E-state index contributed by atoms with van der Waals surface area (Å²) in [4.78, 5) is 2.19. The van der Waals surface area contributed by atoms with Crippen LogP contribution in [0.1, 0.15) is 12.5 Å². The first kappa shape index (κ1) is 11.3. The van der Waals surface area contributed by atoms with Crippen molar-refractivity contribution in [2.24, 2.45) is 5.73 Å². The van der Waals surface area contributed by atoms with Gasteiger partial charge >= 0.3 is 0 Å². The van der Waals surface area contributed by atoms with E-state index in [9.17, 15) is 0 Å². The van der Waals surface area contributed by atoms with Crippen LogP contribution in [0.15, 0.2) is 12.3 Å². The monoisotopic (exact) mass is 222 g/mol. The third-order valence-corrected chi connectivity index (χ3v) is 2.69. The molecule has 5 nitrogen and oxygen atoms in total. The lowest BCUT2D eigenvalue weighted by Crippen LogP contribution is -2.49. The van der Waals surface area contributed by atoms with Crippen molar-refractivity contribution in [2.75, 3.05) is 24.5 Å². The largest absolute Gasteiger partial charge is 0.370 e. The van der Waals surface area contributed by atoms with Gasteiger partial charge < -0.3 is 15.4 Å². The fraction of sp³-hybridized carbons (Fsp3) is 0.636. The van der Waals surface area contributed by atoms with Crippen LogP contribution in [0, 0.1) is 6.92 Å². The fourth-order valence-electron chi connectivity index (χ4n) is 1.97. The van der Waals surface area contributed by atoms with Gasteiger partial charge in [-0.3, -0.25) is 0 Å². The molecule has 0 aliphatic carbocycles. The normalized spacial score (nSPS) is 25.8. The Morgan fingerprint density at radius 1 is 1.56 bits per heavy atom. The number of hydrogen-bond acceptors (Lipinski definition) is 5. The van der Waals surface area contributed by atoms with Crippen molar-refractivity contribution in [3.63, 3.8) is 0 Å². The Morgan fingerprint density at radius 2 is 2.38 bits per heavy atom. The number of aromatic nitrogens is 2. The highest BCUT2D eigenvalue weighted by molar-refractivity contribution is 5.39. The van der Waals surface area contributed by atoms with E-state index in [-0.39, 0.29) is 12.2 Å². The second-order valence-corrected chi connectivity index (χ2v) is 4.30. The number of ether oxygens (including phenoxy) is 1. The van der Waals surface area contributed by atoms with Gasteiger partial charge in [-0.05, 0) is 25.5 Å². The van der Waals surface area contributed by atoms with E-state index in [4.69, 9.17) is 10.5 Å². The van der Waals surface area contributed by atoms with Gasteiger partial charge in [-0.25, -0.2) is 0 Å². The van der Waals surface area contributed by atoms with Crippen molar-refractivity contribution in [1.82, 2.24) is 10.2 Å². The zero-order chi connectivity index (χ0) is 11.5. The van der Waals surface area contributed by atoms with Gasteiger partial charge in [-0.15, -0.1) is 5.10 Å². The van der Waals surface area contributed by atoms with Gasteiger partial charge in [-0.2, -0.15) is 5.10 Å². The summed E-state index contributed by atoms with van der Waals surface area (Å²) in [5.74, 6) is 0.911. The highest BCUT2D eigenvalue weighted by Gasteiger charge is 2.25. The summed E-state index contributed by atoms with van der Waals surface area (Å²) in [7, 11) is 0. The molecule has 1 fully saturated rings. The van der Waals surface area contributed by atoms with Crippen LogP contribution in [0.5, 0.6) is 0 Å². The molecule has 0 radical (unpaired) electrons. The molecule has 0 saturated carbocycles. The van der Waals surface area contributed by atoms with E-state index in [1.54, 1.807) is 6.20 Å². The fourth-order valence-corrected chi connectivity index (χ4v) is 1.97. The third kappa shape index (κ3) is 2.48. The summed E-state index contributed by atoms with van der Waals surface area (Å²) in [6.45, 7) is 6.24. The minimum Gasteiger partial charge on any atom is -0.370 e. The van der Waals surface area contributed by atoms with Gasteiger partial charge in [0.2, 0.25) is 0 Å². The lowest BCUT2D eigenvalue weighted by atomic mass is 10.2. The Labute approximate surface area is 95.6 Å². The van der Waals surface area contributed by atoms with E-state index >= 15 is 0 Å². The number of rotatable bonds is 2. The molecule has 0 bridgehead atoms. The lowest BCUT2D eigenvalue weighted by molar-refractivity contribution is -0.0107. The van der Waals surface area contributed by atoms with Crippen LogP contribution in [-0.2, 0) is 4.74 Å². The van der Waals surface area contributed by atoms with E-state index in [0.717, 1.165) is 24.5 Å². The molecular formula is C11H18N4O. The summed E-state index contributed by atoms with van der Waals surface area (Å²) in [6.07, 6.45) is 2.03. The van der Waals surface area contributed by atoms with Crippen LogP contribution in [0.3, 0.4) is 0 Å². The second kappa shape index (κ2) is 4.76. The zero-order valence-electron chi connectivity index (χ0n) is 9.76. The van der Waals surface area contributed by atoms with E-state index in [1.807, 2.05) is 13.0 Å². The molecule has 2 N–H and O–H groups in total. The summed E-state index contributed by atoms with van der Waals surface area (Å²) in [5, 5.41) is 8.12. The first-order chi connectivity index (χ1) is 7.69. The molecule has 2 unspecified atom stereocenters. The van der Waals surface area contributed by atoms with Crippen LogP contribution < -0.4 is 10.6 Å². The topological polar surface area (TPSA) is 64.3 Å². The quantitative estimate of drug-likeness (QED) is 0.781. The zero-order valence-corrected chi connectivity index (χ0v) is 9.76. The predicted molar refractivity (Wildman–Crippen MR) is 62.4 cm³/mol. The number of nitrogens with two attached hydrogens (primary N) is 1. The van der Waals surface area contributed by atoms with Gasteiger partial charge in [0, 0.05) is 19.6 Å². The summed E-state index contributed by atoms with van der Waals surface area (Å²) in [6, 6.07) is 2.04. The van der Waals surface area contributed by atoms with Gasteiger partial charge in [0.15, 0.2) is 5.82 Å². The molecular weight excluding hydrogens is 204 g/mol. The van der Waals surface area contributed by atoms with Crippen LogP contribution in [0.4, 0.5) is 5.82 Å². The van der Waals surface area contributed by atoms with E-state index in [2.05, 4.69) is 22.0 Å². The first-order valence-corrected chi connectivity index (χ1v) is 5.59. The molecule has 88 valence electrons. The molecule has 1 aromatic rings. The molecule has 16 heavy (non-hydrogen) atoms. The SMILES string of the molecule is Cc1cnnc(N2CC(C)OC(CN)C2)c1. The number of aryl methyl sites for hydroxylation is 1. The lowest BCUT2D eigenvalue weighted by Gasteiger charge is -2.36. The molecule has 0 amide bonds. The number of anilines is 1. The van der Waals surface area contributed by atoms with Crippen molar-refractivity contribution in [3.05, 3.63) is 17.8 Å². The number of nitrogens with zero attached hydrogens (tertiary/aromatic N) is 3. The van der Waals surface area contributed by atoms with Gasteiger partial charge in [0.05, 0.1) is 18.4 Å². The molecule has 5 heteroatoms. The molecule has 0 spiro atoms. The van der Waals surface area contributed by atoms with Crippen molar-refractivity contribution in [1.29, 1.82) is 0 Å². The summed E-state index contributed by atoms with van der Waals surface area (Å²) < 4.78 is 5.70. The van der Waals surface area contributed by atoms with Crippen LogP contribution >= 0.6 is 0 Å². The minimum atomic E-state index is 0.0889. The maximum absolute atomic E-state index is 5.70. The molecule has 1 saturated heterocycles. The molecule has 1 aliphatic rings.